The van der Waals surface area contributed by atoms with E-state index in [1.54, 1.807) is 0 Å². The molecule has 3 rings (SSSR count). The molecule has 2 aromatic rings. The number of benzene rings is 1. The molecular formula is C20H30N6. The first-order valence-corrected chi connectivity index (χ1v) is 9.47. The van der Waals surface area contributed by atoms with Gasteiger partial charge in [-0.2, -0.15) is 0 Å². The van der Waals surface area contributed by atoms with Crippen molar-refractivity contribution in [3.63, 3.8) is 0 Å². The molecule has 0 atom stereocenters. The van der Waals surface area contributed by atoms with Gasteiger partial charge in [0.15, 0.2) is 0 Å². The second kappa shape index (κ2) is 8.96. The highest BCUT2D eigenvalue weighted by Gasteiger charge is 2.19. The number of piperazine rings is 1. The van der Waals surface area contributed by atoms with Gasteiger partial charge in [-0.25, -0.2) is 9.97 Å². The van der Waals surface area contributed by atoms with Gasteiger partial charge in [-0.15, -0.1) is 0 Å². The van der Waals surface area contributed by atoms with Gasteiger partial charge in [0.2, 0.25) is 0 Å². The number of hydrogen-bond acceptors (Lipinski definition) is 6. The standard InChI is InChI=1S/C20H30N6/c1-3-19-22-18(21)15-20(23-19)26-13-11-25(12-14-26)10-9-24(2)16-17-7-5-4-6-8-17/h4-8,15H,3,9-14,16H2,1-2H3,(H2,21,22,23). The number of likely N-dealkylation sites (N-methyl/N-ethyl adjacent to an activating group) is 1. The van der Waals surface area contributed by atoms with E-state index in [9.17, 15) is 0 Å². The molecule has 0 radical (unpaired) electrons. The van der Waals surface area contributed by atoms with Crippen molar-refractivity contribution in [1.82, 2.24) is 19.8 Å². The summed E-state index contributed by atoms with van der Waals surface area (Å²) >= 11 is 0. The number of nitrogens with two attached hydrogens (primary N) is 1. The summed E-state index contributed by atoms with van der Waals surface area (Å²) in [6, 6.07) is 12.5. The number of nitrogens with zero attached hydrogens (tertiary/aromatic N) is 5. The molecule has 1 fully saturated rings. The zero-order chi connectivity index (χ0) is 18.4. The van der Waals surface area contributed by atoms with Crippen molar-refractivity contribution >= 4 is 11.6 Å². The molecule has 1 aromatic carbocycles. The molecule has 26 heavy (non-hydrogen) atoms. The molecule has 1 aliphatic rings. The summed E-state index contributed by atoms with van der Waals surface area (Å²) in [5.74, 6) is 2.36. The van der Waals surface area contributed by atoms with Crippen LogP contribution in [0.25, 0.3) is 0 Å². The van der Waals surface area contributed by atoms with E-state index in [0.717, 1.165) is 63.9 Å². The minimum atomic E-state index is 0.566. The number of nitrogen functional groups attached to an aromatic ring is 1. The van der Waals surface area contributed by atoms with Gasteiger partial charge in [-0.3, -0.25) is 4.90 Å². The molecule has 6 nitrogen and oxygen atoms in total. The Kier molecular flexibility index (Phi) is 6.41. The summed E-state index contributed by atoms with van der Waals surface area (Å²) in [5, 5.41) is 0. The van der Waals surface area contributed by atoms with Gasteiger partial charge in [0, 0.05) is 58.3 Å². The molecular weight excluding hydrogens is 324 g/mol. The molecule has 2 heterocycles. The highest BCUT2D eigenvalue weighted by molar-refractivity contribution is 5.47. The monoisotopic (exact) mass is 354 g/mol. The van der Waals surface area contributed by atoms with Crippen molar-refractivity contribution in [2.75, 3.05) is 56.9 Å². The number of anilines is 2. The Hall–Kier alpha value is -2.18. The second-order valence-electron chi connectivity index (χ2n) is 6.97. The smallest absolute Gasteiger partial charge is 0.134 e. The lowest BCUT2D eigenvalue weighted by Gasteiger charge is -2.36. The molecule has 0 aliphatic carbocycles. The molecule has 0 spiro atoms. The van der Waals surface area contributed by atoms with Crippen LogP contribution in [0.4, 0.5) is 11.6 Å². The average Bonchev–Trinajstić information content (AvgIpc) is 2.67. The molecule has 2 N–H and O–H groups in total. The Morgan fingerprint density at radius 3 is 2.50 bits per heavy atom. The first-order valence-electron chi connectivity index (χ1n) is 9.47. The molecule has 1 saturated heterocycles. The van der Waals surface area contributed by atoms with Crippen LogP contribution in [0.3, 0.4) is 0 Å². The first-order chi connectivity index (χ1) is 12.6. The topological polar surface area (TPSA) is 61.5 Å². The van der Waals surface area contributed by atoms with Crippen LogP contribution in [-0.2, 0) is 13.0 Å². The van der Waals surface area contributed by atoms with E-state index in [2.05, 4.69) is 69.0 Å². The second-order valence-corrected chi connectivity index (χ2v) is 6.97. The van der Waals surface area contributed by atoms with Crippen molar-refractivity contribution in [3.05, 3.63) is 47.8 Å². The van der Waals surface area contributed by atoms with Crippen LogP contribution in [0.5, 0.6) is 0 Å². The minimum Gasteiger partial charge on any atom is -0.384 e. The predicted octanol–water partition coefficient (Wildman–Crippen LogP) is 1.88. The largest absolute Gasteiger partial charge is 0.384 e. The van der Waals surface area contributed by atoms with Gasteiger partial charge in [0.25, 0.3) is 0 Å². The maximum Gasteiger partial charge on any atom is 0.134 e. The van der Waals surface area contributed by atoms with Crippen LogP contribution in [0, 0.1) is 0 Å². The highest BCUT2D eigenvalue weighted by atomic mass is 15.3. The van der Waals surface area contributed by atoms with E-state index >= 15 is 0 Å². The van der Waals surface area contributed by atoms with E-state index in [1.807, 2.05) is 6.07 Å². The summed E-state index contributed by atoms with van der Waals surface area (Å²) in [6.45, 7) is 9.33. The van der Waals surface area contributed by atoms with Crippen LogP contribution >= 0.6 is 0 Å². The molecule has 0 amide bonds. The third-order valence-electron chi connectivity index (χ3n) is 4.88. The molecule has 0 unspecified atom stereocenters. The fourth-order valence-corrected chi connectivity index (χ4v) is 3.31. The lowest BCUT2D eigenvalue weighted by molar-refractivity contribution is 0.212. The third-order valence-corrected chi connectivity index (χ3v) is 4.88. The number of aryl methyl sites for hydroxylation is 1. The Balaban J connectivity index is 1.44. The number of rotatable bonds is 7. The summed E-state index contributed by atoms with van der Waals surface area (Å²) in [5.41, 5.74) is 7.29. The quantitative estimate of drug-likeness (QED) is 0.819. The van der Waals surface area contributed by atoms with Crippen molar-refractivity contribution in [3.8, 4) is 0 Å². The maximum atomic E-state index is 5.92. The van der Waals surface area contributed by atoms with E-state index in [1.165, 1.54) is 5.56 Å². The Morgan fingerprint density at radius 1 is 1.08 bits per heavy atom. The Bertz CT molecular complexity index is 682. The van der Waals surface area contributed by atoms with E-state index < -0.39 is 0 Å². The lowest BCUT2D eigenvalue weighted by atomic mass is 10.2. The van der Waals surface area contributed by atoms with Crippen molar-refractivity contribution in [2.45, 2.75) is 19.9 Å². The van der Waals surface area contributed by atoms with Gasteiger partial charge in [0.1, 0.15) is 17.5 Å². The van der Waals surface area contributed by atoms with Gasteiger partial charge < -0.3 is 15.5 Å². The highest BCUT2D eigenvalue weighted by Crippen LogP contribution is 2.16. The zero-order valence-corrected chi connectivity index (χ0v) is 15.9. The lowest BCUT2D eigenvalue weighted by Crippen LogP contribution is -2.48. The predicted molar refractivity (Wildman–Crippen MR) is 107 cm³/mol. The Morgan fingerprint density at radius 2 is 1.81 bits per heavy atom. The van der Waals surface area contributed by atoms with Gasteiger partial charge >= 0.3 is 0 Å². The van der Waals surface area contributed by atoms with Crippen LogP contribution in [0.1, 0.15) is 18.3 Å². The molecule has 1 aliphatic heterocycles. The molecule has 1 aromatic heterocycles. The van der Waals surface area contributed by atoms with Crippen molar-refractivity contribution < 1.29 is 0 Å². The molecule has 6 heteroatoms. The van der Waals surface area contributed by atoms with Gasteiger partial charge in [-0.05, 0) is 12.6 Å². The van der Waals surface area contributed by atoms with Crippen LogP contribution in [-0.4, -0.2) is 66.1 Å². The number of aromatic nitrogens is 2. The summed E-state index contributed by atoms with van der Waals surface area (Å²) in [6.07, 6.45) is 0.811. The fourth-order valence-electron chi connectivity index (χ4n) is 3.31. The SMILES string of the molecule is CCc1nc(N)cc(N2CCN(CCN(C)Cc3ccccc3)CC2)n1. The zero-order valence-electron chi connectivity index (χ0n) is 15.9. The molecule has 0 bridgehead atoms. The fraction of sp³-hybridized carbons (Fsp3) is 0.500. The average molecular weight is 355 g/mol. The van der Waals surface area contributed by atoms with Gasteiger partial charge in [-0.1, -0.05) is 37.3 Å². The van der Waals surface area contributed by atoms with Crippen molar-refractivity contribution in [1.29, 1.82) is 0 Å². The normalized spacial score (nSPS) is 15.6. The summed E-state index contributed by atoms with van der Waals surface area (Å²) in [7, 11) is 2.19. The van der Waals surface area contributed by atoms with E-state index in [4.69, 9.17) is 5.73 Å². The maximum absolute atomic E-state index is 5.92. The molecule has 0 saturated carbocycles. The van der Waals surface area contributed by atoms with Crippen molar-refractivity contribution in [2.24, 2.45) is 0 Å². The third kappa shape index (κ3) is 5.16. The van der Waals surface area contributed by atoms with E-state index in [-0.39, 0.29) is 0 Å². The minimum absolute atomic E-state index is 0.566. The van der Waals surface area contributed by atoms with E-state index in [0.29, 0.717) is 5.82 Å². The molecule has 140 valence electrons. The van der Waals surface area contributed by atoms with Gasteiger partial charge in [0.05, 0.1) is 0 Å². The summed E-state index contributed by atoms with van der Waals surface area (Å²) in [4.78, 5) is 16.1. The number of hydrogen-bond donors (Lipinski definition) is 1. The Labute approximate surface area is 156 Å². The van der Waals surface area contributed by atoms with Crippen LogP contribution < -0.4 is 10.6 Å². The van der Waals surface area contributed by atoms with Crippen LogP contribution in [0.15, 0.2) is 36.4 Å². The van der Waals surface area contributed by atoms with Crippen LogP contribution in [0.2, 0.25) is 0 Å². The first kappa shape index (κ1) is 18.6. The summed E-state index contributed by atoms with van der Waals surface area (Å²) < 4.78 is 0.